The minimum atomic E-state index is -0.915. The van der Waals surface area contributed by atoms with E-state index in [1.54, 1.807) is 36.5 Å². The van der Waals surface area contributed by atoms with Gasteiger partial charge in [0.25, 0.3) is 11.8 Å². The third-order valence-corrected chi connectivity index (χ3v) is 5.05. The summed E-state index contributed by atoms with van der Waals surface area (Å²) in [5.74, 6) is 0.763. The van der Waals surface area contributed by atoms with Crippen molar-refractivity contribution in [3.8, 4) is 5.82 Å². The molecule has 0 radical (unpaired) electrons. The molecule has 0 spiro atoms. The molecular weight excluding hydrogens is 398 g/mol. The van der Waals surface area contributed by atoms with Gasteiger partial charge in [0.1, 0.15) is 29.8 Å². The Morgan fingerprint density at radius 2 is 1.77 bits per heavy atom. The number of carbonyl (C=O) groups is 3. The number of fused-ring (bicyclic) bond motifs is 1. The predicted octanol–water partition coefficient (Wildman–Crippen LogP) is 1.18. The topological polar surface area (TPSA) is 122 Å². The molecule has 0 saturated carbocycles. The minimum Gasteiger partial charge on any atom is -0.368 e. The molecule has 4 rings (SSSR count). The average Bonchev–Trinajstić information content (AvgIpc) is 3.32. The smallest absolute Gasteiger partial charge is 0.262 e. The van der Waals surface area contributed by atoms with E-state index in [4.69, 9.17) is 0 Å². The average molecular weight is 419 g/mol. The van der Waals surface area contributed by atoms with Crippen LogP contribution in [0.4, 0.5) is 5.82 Å². The van der Waals surface area contributed by atoms with Crippen LogP contribution in [0.15, 0.2) is 49.1 Å². The van der Waals surface area contributed by atoms with Crippen molar-refractivity contribution in [2.75, 3.05) is 18.4 Å². The summed E-state index contributed by atoms with van der Waals surface area (Å²) in [6, 6.07) is 7.42. The molecule has 2 aromatic heterocycles. The third kappa shape index (κ3) is 3.87. The summed E-state index contributed by atoms with van der Waals surface area (Å²) in [5, 5.41) is 5.86. The maximum Gasteiger partial charge on any atom is 0.262 e. The number of carbonyl (C=O) groups excluding carboxylic acids is 3. The predicted molar refractivity (Wildman–Crippen MR) is 112 cm³/mol. The normalized spacial score (nSPS) is 13.8. The van der Waals surface area contributed by atoms with Crippen molar-refractivity contribution in [2.45, 2.75) is 19.9 Å². The fraction of sp³-hybridized carbons (Fsp3) is 0.238. The summed E-state index contributed by atoms with van der Waals surface area (Å²) in [5.41, 5.74) is 0.642. The molecule has 10 nitrogen and oxygen atoms in total. The SMILES string of the molecule is Cc1nccn1-c1cc(NCCNC(=O)[C@H](C)N2C(=O)c3ccccc3C2=O)ncn1. The first-order chi connectivity index (χ1) is 15.0. The van der Waals surface area contributed by atoms with Crippen LogP contribution >= 0.6 is 0 Å². The first-order valence-electron chi connectivity index (χ1n) is 9.78. The minimum absolute atomic E-state index is 0.287. The van der Waals surface area contributed by atoms with E-state index in [9.17, 15) is 14.4 Å². The van der Waals surface area contributed by atoms with E-state index in [1.807, 2.05) is 17.7 Å². The van der Waals surface area contributed by atoms with Crippen LogP contribution in [0.2, 0.25) is 0 Å². The van der Waals surface area contributed by atoms with Crippen LogP contribution in [0.3, 0.4) is 0 Å². The first kappa shape index (κ1) is 20.2. The van der Waals surface area contributed by atoms with E-state index in [0.717, 1.165) is 10.7 Å². The lowest BCUT2D eigenvalue weighted by Crippen LogP contribution is -2.48. The van der Waals surface area contributed by atoms with Crippen molar-refractivity contribution < 1.29 is 14.4 Å². The second-order valence-electron chi connectivity index (χ2n) is 7.03. The zero-order chi connectivity index (χ0) is 22.0. The number of imidazole rings is 1. The van der Waals surface area contributed by atoms with Crippen molar-refractivity contribution in [1.82, 2.24) is 29.7 Å². The van der Waals surface area contributed by atoms with E-state index in [1.165, 1.54) is 13.3 Å². The molecule has 1 aliphatic rings. The summed E-state index contributed by atoms with van der Waals surface area (Å²) in [4.78, 5) is 51.1. The molecule has 3 heterocycles. The molecule has 0 aliphatic carbocycles. The van der Waals surface area contributed by atoms with Crippen molar-refractivity contribution in [1.29, 1.82) is 0 Å². The molecule has 1 atom stereocenters. The van der Waals surface area contributed by atoms with Crippen molar-refractivity contribution >= 4 is 23.5 Å². The number of benzene rings is 1. The molecule has 3 aromatic rings. The van der Waals surface area contributed by atoms with Crippen LogP contribution in [0.5, 0.6) is 0 Å². The second kappa shape index (κ2) is 8.34. The fourth-order valence-corrected chi connectivity index (χ4v) is 3.40. The van der Waals surface area contributed by atoms with E-state index in [-0.39, 0.29) is 6.54 Å². The summed E-state index contributed by atoms with van der Waals surface area (Å²) in [6.07, 6.45) is 4.94. The molecule has 31 heavy (non-hydrogen) atoms. The highest BCUT2D eigenvalue weighted by atomic mass is 16.2. The van der Waals surface area contributed by atoms with Gasteiger partial charge in [-0.05, 0) is 26.0 Å². The van der Waals surface area contributed by atoms with Crippen molar-refractivity contribution in [3.05, 3.63) is 66.0 Å². The molecule has 0 unspecified atom stereocenters. The van der Waals surface area contributed by atoms with Gasteiger partial charge in [0.05, 0.1) is 11.1 Å². The number of amides is 3. The largest absolute Gasteiger partial charge is 0.368 e. The lowest BCUT2D eigenvalue weighted by atomic mass is 10.1. The number of anilines is 1. The van der Waals surface area contributed by atoms with Gasteiger partial charge in [0, 0.05) is 31.5 Å². The molecule has 0 fully saturated rings. The zero-order valence-corrected chi connectivity index (χ0v) is 17.1. The Morgan fingerprint density at radius 3 is 2.42 bits per heavy atom. The van der Waals surface area contributed by atoms with Gasteiger partial charge in [-0.15, -0.1) is 0 Å². The number of nitrogens with zero attached hydrogens (tertiary/aromatic N) is 5. The highest BCUT2D eigenvalue weighted by Gasteiger charge is 2.40. The Balaban J connectivity index is 1.31. The Bertz CT molecular complexity index is 1120. The summed E-state index contributed by atoms with van der Waals surface area (Å²) >= 11 is 0. The Hall–Kier alpha value is -4.08. The molecule has 158 valence electrons. The van der Waals surface area contributed by atoms with Gasteiger partial charge in [0.15, 0.2) is 0 Å². The van der Waals surface area contributed by atoms with Gasteiger partial charge in [-0.1, -0.05) is 12.1 Å². The summed E-state index contributed by atoms with van der Waals surface area (Å²) < 4.78 is 1.83. The third-order valence-electron chi connectivity index (χ3n) is 5.05. The van der Waals surface area contributed by atoms with Gasteiger partial charge in [-0.25, -0.2) is 15.0 Å². The van der Waals surface area contributed by atoms with Crippen LogP contribution < -0.4 is 10.6 Å². The zero-order valence-electron chi connectivity index (χ0n) is 17.1. The Labute approximate surface area is 178 Å². The van der Waals surface area contributed by atoms with E-state index in [0.29, 0.717) is 29.3 Å². The van der Waals surface area contributed by atoms with Crippen molar-refractivity contribution in [2.24, 2.45) is 0 Å². The molecule has 0 bridgehead atoms. The van der Waals surface area contributed by atoms with Crippen LogP contribution in [0.25, 0.3) is 5.82 Å². The monoisotopic (exact) mass is 419 g/mol. The van der Waals surface area contributed by atoms with Gasteiger partial charge in [-0.3, -0.25) is 23.9 Å². The van der Waals surface area contributed by atoms with Gasteiger partial charge in [0.2, 0.25) is 5.91 Å². The molecule has 3 amide bonds. The Morgan fingerprint density at radius 1 is 1.06 bits per heavy atom. The maximum atomic E-state index is 12.5. The maximum absolute atomic E-state index is 12.5. The Kier molecular flexibility index (Phi) is 5.44. The summed E-state index contributed by atoms with van der Waals surface area (Å²) in [7, 11) is 0. The van der Waals surface area contributed by atoms with Crippen LogP contribution in [0, 0.1) is 6.92 Å². The lowest BCUT2D eigenvalue weighted by Gasteiger charge is -2.21. The number of rotatable bonds is 7. The number of hydrogen-bond donors (Lipinski definition) is 2. The molecule has 1 aromatic carbocycles. The number of aryl methyl sites for hydroxylation is 1. The molecule has 1 aliphatic heterocycles. The van der Waals surface area contributed by atoms with E-state index < -0.39 is 23.8 Å². The molecule has 0 saturated heterocycles. The van der Waals surface area contributed by atoms with E-state index in [2.05, 4.69) is 25.6 Å². The second-order valence-corrected chi connectivity index (χ2v) is 7.03. The van der Waals surface area contributed by atoms with E-state index >= 15 is 0 Å². The molecular formula is C21H21N7O3. The van der Waals surface area contributed by atoms with Crippen LogP contribution in [-0.2, 0) is 4.79 Å². The van der Waals surface area contributed by atoms with Gasteiger partial charge in [-0.2, -0.15) is 0 Å². The summed E-state index contributed by atoms with van der Waals surface area (Å²) in [6.45, 7) is 4.10. The quantitative estimate of drug-likeness (QED) is 0.436. The van der Waals surface area contributed by atoms with Crippen LogP contribution in [0.1, 0.15) is 33.5 Å². The van der Waals surface area contributed by atoms with Gasteiger partial charge >= 0.3 is 0 Å². The lowest BCUT2D eigenvalue weighted by molar-refractivity contribution is -0.124. The molecule has 2 N–H and O–H groups in total. The molecule has 10 heteroatoms. The highest BCUT2D eigenvalue weighted by molar-refractivity contribution is 6.22. The number of nitrogens with one attached hydrogen (secondary N) is 2. The van der Waals surface area contributed by atoms with Gasteiger partial charge < -0.3 is 10.6 Å². The van der Waals surface area contributed by atoms with Crippen molar-refractivity contribution in [3.63, 3.8) is 0 Å². The van der Waals surface area contributed by atoms with Crippen LogP contribution in [-0.4, -0.2) is 61.3 Å². The highest BCUT2D eigenvalue weighted by Crippen LogP contribution is 2.24. The fourth-order valence-electron chi connectivity index (χ4n) is 3.40. The number of aromatic nitrogens is 4. The first-order valence-corrected chi connectivity index (χ1v) is 9.78. The number of hydrogen-bond acceptors (Lipinski definition) is 7. The number of imide groups is 1. The standard InChI is InChI=1S/C21H21N7O3/c1-13(28-20(30)15-5-3-4-6-16(15)21(28)31)19(29)24-8-7-23-17-11-18(26-12-25-17)27-10-9-22-14(27)2/h3-6,9-13H,7-8H2,1-2H3,(H,24,29)(H,23,25,26)/t13-/m0/s1.